The lowest BCUT2D eigenvalue weighted by molar-refractivity contribution is 0.385. The number of nitriles is 1. The van der Waals surface area contributed by atoms with Crippen molar-refractivity contribution < 1.29 is 12.8 Å². The highest BCUT2D eigenvalue weighted by atomic mass is 32.2. The molecule has 176 valence electrons. The molecule has 2 heterocycles. The van der Waals surface area contributed by atoms with Crippen LogP contribution in [0.1, 0.15) is 27.9 Å². The first-order valence-corrected chi connectivity index (χ1v) is 12.4. The predicted molar refractivity (Wildman–Crippen MR) is 128 cm³/mol. The normalized spacial score (nSPS) is 14.7. The Morgan fingerprint density at radius 1 is 1.00 bits per heavy atom. The average molecular weight is 481 g/mol. The number of anilines is 1. The Balaban J connectivity index is 1.47. The van der Waals surface area contributed by atoms with Gasteiger partial charge in [-0.15, -0.1) is 0 Å². The van der Waals surface area contributed by atoms with Crippen molar-refractivity contribution >= 4 is 15.7 Å². The van der Waals surface area contributed by atoms with Crippen LogP contribution in [0.3, 0.4) is 0 Å². The molecular weight excluding hydrogens is 455 g/mol. The van der Waals surface area contributed by atoms with E-state index in [1.165, 1.54) is 16.4 Å². The third kappa shape index (κ3) is 4.60. The highest BCUT2D eigenvalue weighted by Gasteiger charge is 2.28. The van der Waals surface area contributed by atoms with E-state index in [1.54, 1.807) is 50.2 Å². The van der Waals surface area contributed by atoms with Crippen molar-refractivity contribution in [1.82, 2.24) is 9.29 Å². The van der Waals surface area contributed by atoms with Gasteiger partial charge in [0.25, 0.3) is 5.56 Å². The lowest BCUT2D eigenvalue weighted by Gasteiger charge is -2.35. The van der Waals surface area contributed by atoms with Crippen molar-refractivity contribution in [2.75, 3.05) is 31.1 Å². The van der Waals surface area contributed by atoms with Crippen molar-refractivity contribution in [2.24, 2.45) is 0 Å². The number of aryl methyl sites for hydroxylation is 1. The Bertz CT molecular complexity index is 1400. The zero-order valence-corrected chi connectivity index (χ0v) is 19.8. The van der Waals surface area contributed by atoms with Crippen molar-refractivity contribution in [3.63, 3.8) is 0 Å². The third-order valence-electron chi connectivity index (χ3n) is 6.29. The largest absolute Gasteiger partial charge is 0.369 e. The summed E-state index contributed by atoms with van der Waals surface area (Å²) in [7, 11) is -3.64. The lowest BCUT2D eigenvalue weighted by atomic mass is 9.97. The molecule has 0 unspecified atom stereocenters. The monoisotopic (exact) mass is 480 g/mol. The SMILES string of the molecule is Cc1[nH]c(=O)c(C#N)c(C)c1Cc1ccc(S(=O)(=O)N2CCN(c3ccc(F)cc3)CC2)cc1. The first kappa shape index (κ1) is 23.7. The summed E-state index contributed by atoms with van der Waals surface area (Å²) < 4.78 is 40.9. The van der Waals surface area contributed by atoms with Crippen LogP contribution in [-0.4, -0.2) is 43.9 Å². The maximum absolute atomic E-state index is 13.2. The Morgan fingerprint density at radius 3 is 2.21 bits per heavy atom. The van der Waals surface area contributed by atoms with Crippen LogP contribution in [0, 0.1) is 31.0 Å². The Labute approximate surface area is 198 Å². The summed E-state index contributed by atoms with van der Waals surface area (Å²) in [5, 5.41) is 9.26. The van der Waals surface area contributed by atoms with Gasteiger partial charge in [-0.1, -0.05) is 12.1 Å². The maximum Gasteiger partial charge on any atom is 0.266 e. The number of hydrogen-bond donors (Lipinski definition) is 1. The summed E-state index contributed by atoms with van der Waals surface area (Å²) in [5.74, 6) is -0.301. The minimum absolute atomic E-state index is 0.0968. The highest BCUT2D eigenvalue weighted by molar-refractivity contribution is 7.89. The number of halogens is 1. The molecule has 3 aromatic rings. The van der Waals surface area contributed by atoms with E-state index in [1.807, 2.05) is 11.0 Å². The summed E-state index contributed by atoms with van der Waals surface area (Å²) >= 11 is 0. The molecule has 0 aliphatic carbocycles. The van der Waals surface area contributed by atoms with E-state index >= 15 is 0 Å². The molecule has 0 radical (unpaired) electrons. The van der Waals surface area contributed by atoms with Crippen LogP contribution in [0.15, 0.2) is 58.2 Å². The van der Waals surface area contributed by atoms with Gasteiger partial charge in [-0.25, -0.2) is 12.8 Å². The van der Waals surface area contributed by atoms with E-state index in [0.29, 0.717) is 43.9 Å². The number of rotatable bonds is 5. The number of benzene rings is 2. The Hall–Kier alpha value is -3.48. The molecule has 34 heavy (non-hydrogen) atoms. The van der Waals surface area contributed by atoms with Crippen LogP contribution >= 0.6 is 0 Å². The molecule has 2 aromatic carbocycles. The zero-order chi connectivity index (χ0) is 24.5. The predicted octanol–water partition coefficient (Wildman–Crippen LogP) is 3.10. The van der Waals surface area contributed by atoms with Crippen molar-refractivity contribution in [1.29, 1.82) is 5.26 Å². The summed E-state index contributed by atoms with van der Waals surface area (Å²) in [4.78, 5) is 16.9. The quantitative estimate of drug-likeness (QED) is 0.605. The van der Waals surface area contributed by atoms with Gasteiger partial charge in [0, 0.05) is 37.6 Å². The highest BCUT2D eigenvalue weighted by Crippen LogP contribution is 2.23. The number of H-pyrrole nitrogens is 1. The van der Waals surface area contributed by atoms with Crippen LogP contribution in [-0.2, 0) is 16.4 Å². The second kappa shape index (κ2) is 9.41. The van der Waals surface area contributed by atoms with Gasteiger partial charge in [0.1, 0.15) is 17.4 Å². The zero-order valence-electron chi connectivity index (χ0n) is 19.0. The van der Waals surface area contributed by atoms with E-state index in [4.69, 9.17) is 0 Å². The van der Waals surface area contributed by atoms with Gasteiger partial charge >= 0.3 is 0 Å². The summed E-state index contributed by atoms with van der Waals surface area (Å²) in [6.45, 7) is 5.27. The maximum atomic E-state index is 13.2. The molecule has 1 aliphatic heterocycles. The minimum Gasteiger partial charge on any atom is -0.369 e. The first-order chi connectivity index (χ1) is 16.2. The van der Waals surface area contributed by atoms with Crippen LogP contribution in [0.25, 0.3) is 0 Å². The van der Waals surface area contributed by atoms with Gasteiger partial charge in [-0.2, -0.15) is 9.57 Å². The van der Waals surface area contributed by atoms with Crippen LogP contribution in [0.4, 0.5) is 10.1 Å². The second-order valence-corrected chi connectivity index (χ2v) is 10.3. The Kier molecular flexibility index (Phi) is 6.55. The summed E-state index contributed by atoms with van der Waals surface area (Å²) in [5.41, 5.74) is 3.62. The molecule has 1 aromatic heterocycles. The molecule has 9 heteroatoms. The number of nitrogens with one attached hydrogen (secondary N) is 1. The average Bonchev–Trinajstić information content (AvgIpc) is 2.83. The fourth-order valence-corrected chi connectivity index (χ4v) is 5.70. The van der Waals surface area contributed by atoms with Gasteiger partial charge in [0.05, 0.1) is 4.90 Å². The van der Waals surface area contributed by atoms with Gasteiger partial charge in [0.2, 0.25) is 10.0 Å². The van der Waals surface area contributed by atoms with Crippen molar-refractivity contribution in [3.8, 4) is 6.07 Å². The molecule has 7 nitrogen and oxygen atoms in total. The number of sulfonamides is 1. The van der Waals surface area contributed by atoms with E-state index in [-0.39, 0.29) is 16.3 Å². The van der Waals surface area contributed by atoms with Crippen LogP contribution in [0.5, 0.6) is 0 Å². The third-order valence-corrected chi connectivity index (χ3v) is 8.21. The van der Waals surface area contributed by atoms with Gasteiger partial charge < -0.3 is 9.88 Å². The van der Waals surface area contributed by atoms with Crippen LogP contribution in [0.2, 0.25) is 0 Å². The second-order valence-electron chi connectivity index (χ2n) is 8.36. The first-order valence-electron chi connectivity index (χ1n) is 10.9. The molecule has 1 saturated heterocycles. The van der Waals surface area contributed by atoms with Gasteiger partial charge in [-0.05, 0) is 73.4 Å². The standard InChI is InChI=1S/C25H25FN4O3S/c1-17-23(18(2)28-25(31)24(17)16-27)15-19-3-9-22(10-4-19)34(32,33)30-13-11-29(12-14-30)21-7-5-20(26)6-8-21/h3-10H,11-15H2,1-2H3,(H,28,31). The molecule has 0 amide bonds. The fourth-order valence-electron chi connectivity index (χ4n) is 4.28. The molecular formula is C25H25FN4O3S. The molecule has 0 saturated carbocycles. The number of piperazine rings is 1. The van der Waals surface area contributed by atoms with E-state index in [2.05, 4.69) is 4.98 Å². The van der Waals surface area contributed by atoms with Gasteiger partial charge in [0.15, 0.2) is 0 Å². The molecule has 0 spiro atoms. The number of pyridine rings is 1. The number of hydrogen-bond acceptors (Lipinski definition) is 5. The molecule has 0 bridgehead atoms. The van der Waals surface area contributed by atoms with E-state index in [9.17, 15) is 22.9 Å². The molecule has 1 N–H and O–H groups in total. The van der Waals surface area contributed by atoms with Gasteiger partial charge in [-0.3, -0.25) is 4.79 Å². The summed E-state index contributed by atoms with van der Waals surface area (Å²) in [6.07, 6.45) is 0.472. The number of nitrogens with zero attached hydrogens (tertiary/aromatic N) is 3. The molecule has 1 fully saturated rings. The molecule has 0 atom stereocenters. The number of aromatic amines is 1. The lowest BCUT2D eigenvalue weighted by Crippen LogP contribution is -2.48. The Morgan fingerprint density at radius 2 is 1.62 bits per heavy atom. The molecule has 4 rings (SSSR count). The summed E-state index contributed by atoms with van der Waals surface area (Å²) in [6, 6.07) is 14.9. The number of aromatic nitrogens is 1. The fraction of sp³-hybridized carbons (Fsp3) is 0.280. The topological polar surface area (TPSA) is 97.3 Å². The molecule has 1 aliphatic rings. The van der Waals surface area contributed by atoms with E-state index in [0.717, 1.165) is 16.8 Å². The van der Waals surface area contributed by atoms with E-state index < -0.39 is 15.6 Å². The van der Waals surface area contributed by atoms with Crippen molar-refractivity contribution in [3.05, 3.63) is 92.6 Å². The minimum atomic E-state index is -3.64. The smallest absolute Gasteiger partial charge is 0.266 e. The van der Waals surface area contributed by atoms with Crippen molar-refractivity contribution in [2.45, 2.75) is 25.2 Å². The van der Waals surface area contributed by atoms with Crippen LogP contribution < -0.4 is 10.5 Å².